The lowest BCUT2D eigenvalue weighted by atomic mass is 10.1. The van der Waals surface area contributed by atoms with E-state index in [1.807, 2.05) is 42.6 Å². The molecule has 138 valence electrons. The van der Waals surface area contributed by atoms with E-state index >= 15 is 0 Å². The van der Waals surface area contributed by atoms with E-state index in [2.05, 4.69) is 23.6 Å². The second kappa shape index (κ2) is 8.64. The zero-order chi connectivity index (χ0) is 19.2. The Balaban J connectivity index is 1.53. The first kappa shape index (κ1) is 18.9. The van der Waals surface area contributed by atoms with E-state index in [-0.39, 0.29) is 11.8 Å². The zero-order valence-corrected chi connectivity index (χ0v) is 16.2. The summed E-state index contributed by atoms with van der Waals surface area (Å²) < 4.78 is 0. The van der Waals surface area contributed by atoms with Crippen molar-refractivity contribution in [1.82, 2.24) is 10.6 Å². The van der Waals surface area contributed by atoms with Gasteiger partial charge in [0.2, 0.25) is 0 Å². The summed E-state index contributed by atoms with van der Waals surface area (Å²) in [6.07, 6.45) is 0. The summed E-state index contributed by atoms with van der Waals surface area (Å²) in [6, 6.07) is 17.1. The molecule has 0 spiro atoms. The summed E-state index contributed by atoms with van der Waals surface area (Å²) in [5.41, 5.74) is 5.05. The minimum absolute atomic E-state index is 0.0831. The molecule has 0 bridgehead atoms. The van der Waals surface area contributed by atoms with Gasteiger partial charge in [-0.2, -0.15) is 0 Å². The van der Waals surface area contributed by atoms with Crippen LogP contribution in [0.5, 0.6) is 0 Å². The lowest BCUT2D eigenvalue weighted by Gasteiger charge is -2.09. The predicted molar refractivity (Wildman–Crippen MR) is 109 cm³/mol. The first-order chi connectivity index (χ1) is 13.0. The third kappa shape index (κ3) is 5.05. The molecule has 2 N–H and O–H groups in total. The van der Waals surface area contributed by atoms with Crippen LogP contribution in [0.3, 0.4) is 0 Å². The van der Waals surface area contributed by atoms with E-state index in [0.717, 1.165) is 11.1 Å². The van der Waals surface area contributed by atoms with Crippen LogP contribution in [0.25, 0.3) is 0 Å². The number of benzene rings is 2. The maximum absolute atomic E-state index is 12.3. The second-order valence-electron chi connectivity index (χ2n) is 6.47. The molecule has 1 aromatic heterocycles. The molecule has 0 fully saturated rings. The maximum Gasteiger partial charge on any atom is 0.261 e. The first-order valence-corrected chi connectivity index (χ1v) is 9.66. The van der Waals surface area contributed by atoms with Crippen LogP contribution in [0.2, 0.25) is 0 Å². The van der Waals surface area contributed by atoms with Crippen molar-refractivity contribution in [3.63, 3.8) is 0 Å². The van der Waals surface area contributed by atoms with E-state index < -0.39 is 0 Å². The van der Waals surface area contributed by atoms with Gasteiger partial charge in [-0.15, -0.1) is 11.3 Å². The van der Waals surface area contributed by atoms with Gasteiger partial charge in [0, 0.05) is 18.7 Å². The predicted octanol–water partition coefficient (Wildman–Crippen LogP) is 4.22. The Morgan fingerprint density at radius 1 is 0.889 bits per heavy atom. The quantitative estimate of drug-likeness (QED) is 0.674. The zero-order valence-electron chi connectivity index (χ0n) is 15.4. The minimum atomic E-state index is -0.107. The minimum Gasteiger partial charge on any atom is -0.348 e. The maximum atomic E-state index is 12.3. The summed E-state index contributed by atoms with van der Waals surface area (Å²) in [7, 11) is 0. The van der Waals surface area contributed by atoms with Crippen molar-refractivity contribution in [3.8, 4) is 0 Å². The van der Waals surface area contributed by atoms with Crippen LogP contribution in [-0.2, 0) is 13.1 Å². The fraction of sp³-hybridized carbons (Fsp3) is 0.182. The largest absolute Gasteiger partial charge is 0.348 e. The number of carbonyl (C=O) groups excluding carboxylic acids is 2. The van der Waals surface area contributed by atoms with Crippen LogP contribution in [0.1, 0.15) is 42.3 Å². The number of hydrogen-bond donors (Lipinski definition) is 2. The van der Waals surface area contributed by atoms with Gasteiger partial charge in [-0.25, -0.2) is 0 Å². The number of hydrogen-bond acceptors (Lipinski definition) is 3. The normalized spacial score (nSPS) is 10.4. The molecule has 3 aromatic rings. The van der Waals surface area contributed by atoms with E-state index in [1.54, 1.807) is 18.2 Å². The average molecular weight is 378 g/mol. The highest BCUT2D eigenvalue weighted by atomic mass is 32.1. The standard InChI is InChI=1S/C22H22N2O2S/c1-15-5-8-19(16(2)12-15)14-24-21(25)18-9-6-17(7-10-18)13-23-22(26)20-4-3-11-27-20/h3-12H,13-14H2,1-2H3,(H,23,26)(H,24,25). The van der Waals surface area contributed by atoms with Gasteiger partial charge in [-0.05, 0) is 54.1 Å². The van der Waals surface area contributed by atoms with E-state index in [0.29, 0.717) is 23.5 Å². The smallest absolute Gasteiger partial charge is 0.261 e. The van der Waals surface area contributed by atoms with Crippen molar-refractivity contribution in [2.24, 2.45) is 0 Å². The summed E-state index contributed by atoms with van der Waals surface area (Å²) in [6.45, 7) is 5.04. The van der Waals surface area contributed by atoms with Crippen molar-refractivity contribution in [1.29, 1.82) is 0 Å². The van der Waals surface area contributed by atoms with Crippen molar-refractivity contribution >= 4 is 23.2 Å². The van der Waals surface area contributed by atoms with E-state index in [9.17, 15) is 9.59 Å². The van der Waals surface area contributed by atoms with Crippen LogP contribution in [0, 0.1) is 13.8 Å². The van der Waals surface area contributed by atoms with E-state index in [1.165, 1.54) is 22.5 Å². The van der Waals surface area contributed by atoms with Gasteiger partial charge in [0.15, 0.2) is 0 Å². The van der Waals surface area contributed by atoms with Gasteiger partial charge >= 0.3 is 0 Å². The van der Waals surface area contributed by atoms with E-state index in [4.69, 9.17) is 0 Å². The molecule has 5 heteroatoms. The molecule has 0 aliphatic carbocycles. The highest BCUT2D eigenvalue weighted by Crippen LogP contribution is 2.12. The van der Waals surface area contributed by atoms with Crippen LogP contribution in [0.4, 0.5) is 0 Å². The highest BCUT2D eigenvalue weighted by Gasteiger charge is 2.08. The van der Waals surface area contributed by atoms with Gasteiger partial charge in [-0.3, -0.25) is 9.59 Å². The number of aryl methyl sites for hydroxylation is 2. The Kier molecular flexibility index (Phi) is 6.04. The number of thiophene rings is 1. The topological polar surface area (TPSA) is 58.2 Å². The van der Waals surface area contributed by atoms with Crippen LogP contribution >= 0.6 is 11.3 Å². The molecular formula is C22H22N2O2S. The third-order valence-electron chi connectivity index (χ3n) is 4.35. The SMILES string of the molecule is Cc1ccc(CNC(=O)c2ccc(CNC(=O)c3cccs3)cc2)c(C)c1. The fourth-order valence-corrected chi connectivity index (χ4v) is 3.41. The van der Waals surface area contributed by atoms with Crippen molar-refractivity contribution in [2.45, 2.75) is 26.9 Å². The summed E-state index contributed by atoms with van der Waals surface area (Å²) >= 11 is 1.41. The Hall–Kier alpha value is -2.92. The Bertz CT molecular complexity index is 931. The molecule has 0 aliphatic heterocycles. The van der Waals surface area contributed by atoms with Crippen molar-refractivity contribution in [3.05, 3.63) is 92.7 Å². The molecule has 2 amide bonds. The molecule has 0 atom stereocenters. The van der Waals surface area contributed by atoms with Gasteiger partial charge in [0.25, 0.3) is 11.8 Å². The molecule has 4 nitrogen and oxygen atoms in total. The number of amides is 2. The Morgan fingerprint density at radius 3 is 2.30 bits per heavy atom. The lowest BCUT2D eigenvalue weighted by molar-refractivity contribution is 0.0943. The van der Waals surface area contributed by atoms with Gasteiger partial charge < -0.3 is 10.6 Å². The summed E-state index contributed by atoms with van der Waals surface area (Å²) in [5.74, 6) is -0.190. The molecule has 2 aromatic carbocycles. The third-order valence-corrected chi connectivity index (χ3v) is 5.22. The van der Waals surface area contributed by atoms with Gasteiger partial charge in [0.05, 0.1) is 4.88 Å². The van der Waals surface area contributed by atoms with Crippen LogP contribution in [0.15, 0.2) is 60.0 Å². The molecule has 3 rings (SSSR count). The molecule has 0 radical (unpaired) electrons. The van der Waals surface area contributed by atoms with Crippen LogP contribution in [-0.4, -0.2) is 11.8 Å². The van der Waals surface area contributed by atoms with Gasteiger partial charge in [-0.1, -0.05) is 42.0 Å². The molecule has 0 aliphatic rings. The number of rotatable bonds is 6. The Labute approximate surface area is 163 Å². The molecule has 27 heavy (non-hydrogen) atoms. The highest BCUT2D eigenvalue weighted by molar-refractivity contribution is 7.12. The molecule has 0 unspecified atom stereocenters. The fourth-order valence-electron chi connectivity index (χ4n) is 2.77. The molecular weight excluding hydrogens is 356 g/mol. The van der Waals surface area contributed by atoms with Crippen LogP contribution < -0.4 is 10.6 Å². The van der Waals surface area contributed by atoms with Crippen molar-refractivity contribution < 1.29 is 9.59 Å². The Morgan fingerprint density at radius 2 is 1.63 bits per heavy atom. The number of nitrogens with one attached hydrogen (secondary N) is 2. The average Bonchev–Trinajstić information content (AvgIpc) is 3.20. The summed E-state index contributed by atoms with van der Waals surface area (Å²) in [4.78, 5) is 25.0. The molecule has 0 saturated heterocycles. The monoisotopic (exact) mass is 378 g/mol. The van der Waals surface area contributed by atoms with Crippen molar-refractivity contribution in [2.75, 3.05) is 0 Å². The lowest BCUT2D eigenvalue weighted by Crippen LogP contribution is -2.24. The number of carbonyl (C=O) groups is 2. The summed E-state index contributed by atoms with van der Waals surface area (Å²) in [5, 5.41) is 7.71. The van der Waals surface area contributed by atoms with Gasteiger partial charge in [0.1, 0.15) is 0 Å². The molecule has 0 saturated carbocycles. The second-order valence-corrected chi connectivity index (χ2v) is 7.42. The first-order valence-electron chi connectivity index (χ1n) is 8.78. The molecule has 1 heterocycles.